The lowest BCUT2D eigenvalue weighted by molar-refractivity contribution is 0.0254. The molecular weight excluding hydrogens is 329 g/mol. The Hall–Kier alpha value is -1.01. The normalized spacial score (nSPS) is 14.5. The zero-order chi connectivity index (χ0) is 21.1. The fourth-order valence-electron chi connectivity index (χ4n) is 1.90. The van der Waals surface area contributed by atoms with Crippen molar-refractivity contribution in [2.75, 3.05) is 13.1 Å². The summed E-state index contributed by atoms with van der Waals surface area (Å²) in [6.45, 7) is 22.6. The van der Waals surface area contributed by atoms with Gasteiger partial charge in [0.05, 0.1) is 5.60 Å². The fourth-order valence-corrected chi connectivity index (χ4v) is 1.90. The van der Waals surface area contributed by atoms with Gasteiger partial charge >= 0.3 is 13.2 Å². The van der Waals surface area contributed by atoms with E-state index in [1.54, 1.807) is 4.90 Å². The van der Waals surface area contributed by atoms with Crippen molar-refractivity contribution in [3.63, 3.8) is 0 Å². The molecule has 0 unspecified atom stereocenters. The zero-order valence-corrected chi connectivity index (χ0v) is 19.0. The van der Waals surface area contributed by atoms with Gasteiger partial charge in [-0.05, 0) is 52.4 Å². The summed E-state index contributed by atoms with van der Waals surface area (Å²) in [5.41, 5.74) is -0.0679. The maximum Gasteiger partial charge on any atom is 0.487 e. The molecule has 26 heavy (non-hydrogen) atoms. The number of hydrogen-bond acceptors (Lipinski definition) is 4. The van der Waals surface area contributed by atoms with Crippen LogP contribution in [0.1, 0.15) is 82.6 Å². The molecule has 0 aromatic rings. The largest absolute Gasteiger partial charge is 0.487 e. The van der Waals surface area contributed by atoms with E-state index in [0.717, 1.165) is 5.47 Å². The van der Waals surface area contributed by atoms with Gasteiger partial charge in [0.1, 0.15) is 5.60 Å². The summed E-state index contributed by atoms with van der Waals surface area (Å²) in [5, 5.41) is 10.2. The van der Waals surface area contributed by atoms with Crippen molar-refractivity contribution in [1.29, 1.82) is 0 Å². The minimum atomic E-state index is -0.918. The van der Waals surface area contributed by atoms with E-state index in [1.807, 2.05) is 68.4 Å². The van der Waals surface area contributed by atoms with E-state index in [0.29, 0.717) is 25.4 Å². The van der Waals surface area contributed by atoms with Crippen LogP contribution in [0.2, 0.25) is 0 Å². The summed E-state index contributed by atoms with van der Waals surface area (Å²) >= 11 is 0. The minimum Gasteiger partial charge on any atom is -0.444 e. The second kappa shape index (κ2) is 12.4. The molecule has 1 heterocycles. The topological polar surface area (TPSA) is 59.0 Å². The Morgan fingerprint density at radius 2 is 1.65 bits per heavy atom. The first-order chi connectivity index (χ1) is 11.9. The number of hydrogen-bond donors (Lipinski definition) is 1. The molecule has 0 saturated heterocycles. The van der Waals surface area contributed by atoms with Crippen LogP contribution in [0, 0.1) is 5.92 Å². The van der Waals surface area contributed by atoms with Crippen molar-refractivity contribution in [2.45, 2.75) is 93.8 Å². The van der Waals surface area contributed by atoms with Crippen molar-refractivity contribution >= 4 is 13.2 Å². The molecule has 1 aliphatic heterocycles. The monoisotopic (exact) mass is 371 g/mol. The Balaban J connectivity index is 0. The van der Waals surface area contributed by atoms with Crippen LogP contribution in [0.5, 0.6) is 0 Å². The average Bonchev–Trinajstić information content (AvgIpc) is 2.56. The summed E-state index contributed by atoms with van der Waals surface area (Å²) in [7, 11) is -0.918. The van der Waals surface area contributed by atoms with Gasteiger partial charge in [-0.2, -0.15) is 0 Å². The first-order valence-corrected chi connectivity index (χ1v) is 9.95. The Kier molecular flexibility index (Phi) is 13.0. The summed E-state index contributed by atoms with van der Waals surface area (Å²) in [6.07, 6.45) is 2.13. The lowest BCUT2D eigenvalue weighted by Crippen LogP contribution is -2.43. The third kappa shape index (κ3) is 10.2. The average molecular weight is 371 g/mol. The Morgan fingerprint density at radius 3 is 2.00 bits per heavy atom. The number of carbonyl (C=O) groups excluding carboxylic acids is 1. The second-order valence-corrected chi connectivity index (χ2v) is 7.68. The molecule has 0 aromatic carbocycles. The van der Waals surface area contributed by atoms with Gasteiger partial charge in [-0.25, -0.2) is 4.79 Å². The molecule has 0 fully saturated rings. The molecule has 0 atom stereocenters. The fraction of sp³-hybridized carbons (Fsp3) is 0.850. The van der Waals surface area contributed by atoms with E-state index >= 15 is 0 Å². The van der Waals surface area contributed by atoms with Gasteiger partial charge < -0.3 is 19.3 Å². The molecule has 1 aliphatic rings. The van der Waals surface area contributed by atoms with Gasteiger partial charge in [-0.15, -0.1) is 0 Å². The van der Waals surface area contributed by atoms with Crippen LogP contribution >= 0.6 is 0 Å². The van der Waals surface area contributed by atoms with Crippen molar-refractivity contribution in [3.05, 3.63) is 11.5 Å². The van der Waals surface area contributed by atoms with E-state index in [9.17, 15) is 9.82 Å². The van der Waals surface area contributed by atoms with Gasteiger partial charge in [-0.3, -0.25) is 0 Å². The first-order valence-electron chi connectivity index (χ1n) is 9.95. The van der Waals surface area contributed by atoms with Crippen molar-refractivity contribution < 1.29 is 19.2 Å². The van der Waals surface area contributed by atoms with E-state index in [2.05, 4.69) is 13.8 Å². The zero-order valence-electron chi connectivity index (χ0n) is 19.0. The molecule has 154 valence electrons. The standard InChI is InChI=1S/C16H30BNO4.2C2H6/c1-12(2)16(6,7)22-17(20)13-8-10-18(11-9-13)14(19)21-15(3,4)5;2*1-2/h8,12,20H,9-11H2,1-7H3;2*1-2H3. The molecular formula is C20H42BNO4. The maximum atomic E-state index is 12.0. The highest BCUT2D eigenvalue weighted by molar-refractivity contribution is 6.52. The van der Waals surface area contributed by atoms with E-state index in [1.165, 1.54) is 0 Å². The van der Waals surface area contributed by atoms with Crippen LogP contribution in [-0.2, 0) is 9.39 Å². The number of rotatable bonds is 4. The van der Waals surface area contributed by atoms with Gasteiger partial charge in [0.25, 0.3) is 0 Å². The predicted molar refractivity (Wildman–Crippen MR) is 111 cm³/mol. The highest BCUT2D eigenvalue weighted by atomic mass is 16.6. The molecule has 1 N–H and O–H groups in total. The number of amides is 1. The van der Waals surface area contributed by atoms with Gasteiger partial charge in [-0.1, -0.05) is 47.6 Å². The Labute approximate surface area is 162 Å². The van der Waals surface area contributed by atoms with Crippen LogP contribution in [0.3, 0.4) is 0 Å². The lowest BCUT2D eigenvalue weighted by atomic mass is 9.73. The first kappa shape index (κ1) is 27.2. The molecule has 0 bridgehead atoms. The van der Waals surface area contributed by atoms with Crippen molar-refractivity contribution in [2.24, 2.45) is 5.92 Å². The second-order valence-electron chi connectivity index (χ2n) is 7.68. The number of carbonyl (C=O) groups is 1. The molecule has 0 aliphatic carbocycles. The highest BCUT2D eigenvalue weighted by Crippen LogP contribution is 2.24. The predicted octanol–water partition coefficient (Wildman–Crippen LogP) is 5.08. The summed E-state index contributed by atoms with van der Waals surface area (Å²) in [4.78, 5) is 13.6. The van der Waals surface area contributed by atoms with Gasteiger partial charge in [0, 0.05) is 13.1 Å². The SMILES string of the molecule is CC.CC.CC(C)C(C)(C)OB(O)C1=CCN(C(=O)OC(C)(C)C)CC1. The van der Waals surface area contributed by atoms with Crippen LogP contribution in [0.4, 0.5) is 4.79 Å². The number of nitrogens with zero attached hydrogens (tertiary/aromatic N) is 1. The van der Waals surface area contributed by atoms with Crippen LogP contribution in [-0.4, -0.2) is 47.4 Å². The van der Waals surface area contributed by atoms with Crippen molar-refractivity contribution in [1.82, 2.24) is 4.90 Å². The minimum absolute atomic E-state index is 0.296. The smallest absolute Gasteiger partial charge is 0.444 e. The van der Waals surface area contributed by atoms with Gasteiger partial charge in [0.2, 0.25) is 0 Å². The van der Waals surface area contributed by atoms with E-state index < -0.39 is 18.3 Å². The van der Waals surface area contributed by atoms with Crippen LogP contribution < -0.4 is 0 Å². The molecule has 1 amide bonds. The van der Waals surface area contributed by atoms with Crippen LogP contribution in [0.25, 0.3) is 0 Å². The molecule has 0 spiro atoms. The molecule has 0 aromatic heterocycles. The highest BCUT2D eigenvalue weighted by Gasteiger charge is 2.33. The summed E-state index contributed by atoms with van der Waals surface area (Å²) < 4.78 is 11.1. The van der Waals surface area contributed by atoms with Crippen LogP contribution in [0.15, 0.2) is 11.5 Å². The number of ether oxygens (including phenoxy) is 1. The summed E-state index contributed by atoms with van der Waals surface area (Å²) in [6, 6.07) is 0. The van der Waals surface area contributed by atoms with Gasteiger partial charge in [0.15, 0.2) is 0 Å². The Morgan fingerprint density at radius 1 is 1.15 bits per heavy atom. The molecule has 0 saturated carbocycles. The molecule has 1 rings (SSSR count). The lowest BCUT2D eigenvalue weighted by Gasteiger charge is -2.34. The van der Waals surface area contributed by atoms with E-state index in [-0.39, 0.29) is 6.09 Å². The van der Waals surface area contributed by atoms with E-state index in [4.69, 9.17) is 9.39 Å². The van der Waals surface area contributed by atoms with Crippen molar-refractivity contribution in [3.8, 4) is 0 Å². The quantitative estimate of drug-likeness (QED) is 0.701. The Bertz CT molecular complexity index is 428. The third-order valence-electron chi connectivity index (χ3n) is 4.02. The molecule has 5 nitrogen and oxygen atoms in total. The maximum absolute atomic E-state index is 12.0. The third-order valence-corrected chi connectivity index (χ3v) is 4.02. The summed E-state index contributed by atoms with van der Waals surface area (Å²) in [5.74, 6) is 0.296. The molecule has 6 heteroatoms. The molecule has 0 radical (unpaired) electrons.